The summed E-state index contributed by atoms with van der Waals surface area (Å²) in [6, 6.07) is 0. The molecule has 1 fully saturated rings. The van der Waals surface area contributed by atoms with E-state index in [4.69, 9.17) is 23.2 Å². The number of allylic oxidation sites excluding steroid dienone is 1. The molecule has 0 bridgehead atoms. The van der Waals surface area contributed by atoms with E-state index in [2.05, 4.69) is 34.6 Å². The van der Waals surface area contributed by atoms with Gasteiger partial charge in [0.1, 0.15) is 4.49 Å². The van der Waals surface area contributed by atoms with E-state index >= 15 is 0 Å². The lowest BCUT2D eigenvalue weighted by Crippen LogP contribution is -2.12. The molecule has 2 heteroatoms. The molecule has 0 aliphatic heterocycles. The molecule has 1 aliphatic carbocycles. The topological polar surface area (TPSA) is 0 Å². The standard InChI is InChI=1S/C11H18Cl2/c1-10(2,3)9-7(6-8(12)13)11(9,4)5/h6-7,9H,1-5H3. The minimum absolute atomic E-state index is 0.341. The molecule has 2 unspecified atom stereocenters. The summed E-state index contributed by atoms with van der Waals surface area (Å²) in [5.74, 6) is 1.23. The third-order valence-corrected chi connectivity index (χ3v) is 3.40. The van der Waals surface area contributed by atoms with Crippen LogP contribution in [0.25, 0.3) is 0 Å². The molecule has 0 aromatic heterocycles. The van der Waals surface area contributed by atoms with Crippen molar-refractivity contribution in [3.8, 4) is 0 Å². The molecule has 0 nitrogen and oxygen atoms in total. The normalized spacial score (nSPS) is 31.3. The second-order valence-corrected chi connectivity index (χ2v) is 6.66. The quantitative estimate of drug-likeness (QED) is 0.605. The predicted octanol–water partition coefficient (Wildman–Crippen LogP) is 4.62. The molecule has 0 saturated heterocycles. The van der Waals surface area contributed by atoms with Crippen LogP contribution in [0.1, 0.15) is 34.6 Å². The molecular formula is C11H18Cl2. The van der Waals surface area contributed by atoms with Crippen molar-refractivity contribution in [2.24, 2.45) is 22.7 Å². The first-order valence-electron chi connectivity index (χ1n) is 4.70. The first-order valence-corrected chi connectivity index (χ1v) is 5.46. The van der Waals surface area contributed by atoms with Crippen molar-refractivity contribution < 1.29 is 0 Å². The number of hydrogen-bond donors (Lipinski definition) is 0. The highest BCUT2D eigenvalue weighted by Crippen LogP contribution is 2.66. The molecule has 1 rings (SSSR count). The summed E-state index contributed by atoms with van der Waals surface area (Å²) in [5, 5.41) is 0. The molecule has 1 saturated carbocycles. The predicted molar refractivity (Wildman–Crippen MR) is 60.0 cm³/mol. The van der Waals surface area contributed by atoms with Crippen molar-refractivity contribution in [1.82, 2.24) is 0 Å². The Morgan fingerprint density at radius 3 is 1.92 bits per heavy atom. The van der Waals surface area contributed by atoms with Gasteiger partial charge in [0.25, 0.3) is 0 Å². The average Bonchev–Trinajstić information content (AvgIpc) is 2.29. The van der Waals surface area contributed by atoms with Crippen LogP contribution in [0.15, 0.2) is 10.6 Å². The Kier molecular flexibility index (Phi) is 2.78. The van der Waals surface area contributed by atoms with E-state index in [-0.39, 0.29) is 0 Å². The Balaban J connectivity index is 2.79. The van der Waals surface area contributed by atoms with Crippen molar-refractivity contribution in [2.45, 2.75) is 34.6 Å². The molecule has 0 N–H and O–H groups in total. The van der Waals surface area contributed by atoms with Gasteiger partial charge in [-0.15, -0.1) is 0 Å². The van der Waals surface area contributed by atoms with E-state index in [0.717, 1.165) is 0 Å². The lowest BCUT2D eigenvalue weighted by atomic mass is 9.85. The Bertz CT molecular complexity index is 229. The average molecular weight is 221 g/mol. The van der Waals surface area contributed by atoms with Gasteiger partial charge in [-0.2, -0.15) is 0 Å². The van der Waals surface area contributed by atoms with Crippen molar-refractivity contribution in [1.29, 1.82) is 0 Å². The van der Waals surface area contributed by atoms with Gasteiger partial charge in [-0.25, -0.2) is 0 Å². The summed E-state index contributed by atoms with van der Waals surface area (Å²) in [5.41, 5.74) is 0.696. The molecule has 0 aromatic carbocycles. The molecule has 76 valence electrons. The van der Waals surface area contributed by atoms with Crippen LogP contribution < -0.4 is 0 Å². The van der Waals surface area contributed by atoms with E-state index in [0.29, 0.717) is 27.2 Å². The Morgan fingerprint density at radius 1 is 1.23 bits per heavy atom. The zero-order valence-electron chi connectivity index (χ0n) is 8.99. The molecule has 0 aromatic rings. The third-order valence-electron chi connectivity index (χ3n) is 3.15. The second kappa shape index (κ2) is 3.17. The Morgan fingerprint density at radius 2 is 1.69 bits per heavy atom. The summed E-state index contributed by atoms with van der Waals surface area (Å²) < 4.78 is 0.407. The van der Waals surface area contributed by atoms with E-state index in [1.165, 1.54) is 0 Å². The Hall–Kier alpha value is 0.320. The highest BCUT2D eigenvalue weighted by molar-refractivity contribution is 6.55. The number of halogens is 2. The summed E-state index contributed by atoms with van der Waals surface area (Å²) in [6.07, 6.45) is 1.99. The van der Waals surface area contributed by atoms with Crippen molar-refractivity contribution in [3.05, 3.63) is 10.6 Å². The highest BCUT2D eigenvalue weighted by atomic mass is 35.5. The van der Waals surface area contributed by atoms with Gasteiger partial charge in [0.2, 0.25) is 0 Å². The smallest absolute Gasteiger partial charge is 0.0712 e. The number of rotatable bonds is 1. The van der Waals surface area contributed by atoms with Gasteiger partial charge in [-0.05, 0) is 22.7 Å². The SMILES string of the molecule is CC(C)(C)C1C(C=C(Cl)Cl)C1(C)C. The van der Waals surface area contributed by atoms with Crippen LogP contribution >= 0.6 is 23.2 Å². The Labute approximate surface area is 91.3 Å². The fourth-order valence-corrected chi connectivity index (χ4v) is 3.05. The van der Waals surface area contributed by atoms with Crippen molar-refractivity contribution >= 4 is 23.2 Å². The van der Waals surface area contributed by atoms with Gasteiger partial charge >= 0.3 is 0 Å². The van der Waals surface area contributed by atoms with Crippen LogP contribution in [-0.4, -0.2) is 0 Å². The molecular weight excluding hydrogens is 203 g/mol. The van der Waals surface area contributed by atoms with Gasteiger partial charge < -0.3 is 0 Å². The molecule has 2 atom stereocenters. The molecule has 0 radical (unpaired) electrons. The lowest BCUT2D eigenvalue weighted by molar-refractivity contribution is 0.298. The maximum atomic E-state index is 5.68. The van der Waals surface area contributed by atoms with E-state index in [1.54, 1.807) is 0 Å². The zero-order chi connectivity index (χ0) is 10.4. The first-order chi connectivity index (χ1) is 5.67. The van der Waals surface area contributed by atoms with Gasteiger partial charge in [0, 0.05) is 0 Å². The van der Waals surface area contributed by atoms with E-state index in [9.17, 15) is 0 Å². The maximum absolute atomic E-state index is 5.68. The lowest BCUT2D eigenvalue weighted by Gasteiger charge is -2.19. The van der Waals surface area contributed by atoms with Gasteiger partial charge in [-0.1, -0.05) is 63.9 Å². The van der Waals surface area contributed by atoms with E-state index < -0.39 is 0 Å². The minimum Gasteiger partial charge on any atom is -0.0712 e. The fourth-order valence-electron chi connectivity index (χ4n) is 2.78. The van der Waals surface area contributed by atoms with Gasteiger partial charge in [0.05, 0.1) is 0 Å². The first kappa shape index (κ1) is 11.4. The zero-order valence-corrected chi connectivity index (χ0v) is 10.5. The van der Waals surface area contributed by atoms with E-state index in [1.807, 2.05) is 6.08 Å². The fraction of sp³-hybridized carbons (Fsp3) is 0.818. The highest BCUT2D eigenvalue weighted by Gasteiger charge is 2.60. The van der Waals surface area contributed by atoms with Crippen LogP contribution in [0, 0.1) is 22.7 Å². The summed E-state index contributed by atoms with van der Waals surface area (Å²) >= 11 is 11.4. The maximum Gasteiger partial charge on any atom is 0.103 e. The molecule has 0 heterocycles. The molecule has 13 heavy (non-hydrogen) atoms. The third kappa shape index (κ3) is 2.22. The largest absolute Gasteiger partial charge is 0.103 e. The summed E-state index contributed by atoms with van der Waals surface area (Å²) in [6.45, 7) is 11.4. The van der Waals surface area contributed by atoms with Crippen LogP contribution in [0.5, 0.6) is 0 Å². The van der Waals surface area contributed by atoms with Crippen LogP contribution in [-0.2, 0) is 0 Å². The monoisotopic (exact) mass is 220 g/mol. The van der Waals surface area contributed by atoms with Gasteiger partial charge in [-0.3, -0.25) is 0 Å². The minimum atomic E-state index is 0.341. The molecule has 1 aliphatic rings. The van der Waals surface area contributed by atoms with Gasteiger partial charge in [0.15, 0.2) is 0 Å². The van der Waals surface area contributed by atoms with Crippen LogP contribution in [0.2, 0.25) is 0 Å². The molecule has 0 amide bonds. The second-order valence-electron chi connectivity index (χ2n) is 5.65. The molecule has 0 spiro atoms. The van der Waals surface area contributed by atoms with Crippen LogP contribution in [0.3, 0.4) is 0 Å². The number of hydrogen-bond acceptors (Lipinski definition) is 0. The van der Waals surface area contributed by atoms with Crippen molar-refractivity contribution in [3.63, 3.8) is 0 Å². The summed E-state index contributed by atoms with van der Waals surface area (Å²) in [7, 11) is 0. The van der Waals surface area contributed by atoms with Crippen LogP contribution in [0.4, 0.5) is 0 Å². The summed E-state index contributed by atoms with van der Waals surface area (Å²) in [4.78, 5) is 0. The van der Waals surface area contributed by atoms with Crippen molar-refractivity contribution in [2.75, 3.05) is 0 Å².